The number of hydrogen-bond acceptors (Lipinski definition) is 5. The number of rotatable bonds is 7. The normalized spacial score (nSPS) is 11.7. The monoisotopic (exact) mass is 438 g/mol. The fourth-order valence-corrected chi connectivity index (χ4v) is 3.37. The number of halogens is 1. The maximum Gasteiger partial charge on any atom is 0.322 e. The van der Waals surface area contributed by atoms with Crippen LogP contribution in [0.3, 0.4) is 0 Å². The number of ether oxygens (including phenoxy) is 4. The minimum absolute atomic E-state index is 0.176. The Labute approximate surface area is 185 Å². The summed E-state index contributed by atoms with van der Waals surface area (Å²) < 4.78 is 34.8. The van der Waals surface area contributed by atoms with Crippen LogP contribution in [0.25, 0.3) is 0 Å². The largest absolute Gasteiger partial charge is 0.497 e. The van der Waals surface area contributed by atoms with Crippen LogP contribution in [-0.2, 0) is 13.1 Å². The standard InChI is InChI=1S/C24H23FN2O5/c1-29-19-8-9-20(22(12-19)30-2)26-24(28)27(13-16-3-6-18(25)7-4-16)14-17-5-10-21-23(11-17)32-15-31-21/h3-12H,13-15H2,1-2H3,(H,26,28). The summed E-state index contributed by atoms with van der Waals surface area (Å²) in [4.78, 5) is 14.9. The molecule has 0 aromatic heterocycles. The molecular formula is C24H23FN2O5. The maximum atomic E-state index is 13.3. The minimum Gasteiger partial charge on any atom is -0.497 e. The van der Waals surface area contributed by atoms with Gasteiger partial charge in [-0.3, -0.25) is 0 Å². The summed E-state index contributed by atoms with van der Waals surface area (Å²) in [6, 6.07) is 16.4. The smallest absolute Gasteiger partial charge is 0.322 e. The summed E-state index contributed by atoms with van der Waals surface area (Å²) in [5.74, 6) is 2.07. The lowest BCUT2D eigenvalue weighted by Gasteiger charge is -2.24. The number of urea groups is 1. The Bertz CT molecular complexity index is 1100. The number of carbonyl (C=O) groups is 1. The van der Waals surface area contributed by atoms with Gasteiger partial charge in [-0.2, -0.15) is 0 Å². The van der Waals surface area contributed by atoms with E-state index in [1.165, 1.54) is 19.2 Å². The van der Waals surface area contributed by atoms with Gasteiger partial charge in [0.2, 0.25) is 6.79 Å². The molecule has 0 atom stereocenters. The number of nitrogens with zero attached hydrogens (tertiary/aromatic N) is 1. The quantitative estimate of drug-likeness (QED) is 0.574. The molecule has 3 aromatic rings. The number of nitrogens with one attached hydrogen (secondary N) is 1. The van der Waals surface area contributed by atoms with Crippen molar-refractivity contribution in [3.8, 4) is 23.0 Å². The topological polar surface area (TPSA) is 69.3 Å². The molecule has 32 heavy (non-hydrogen) atoms. The summed E-state index contributed by atoms with van der Waals surface area (Å²) >= 11 is 0. The van der Waals surface area contributed by atoms with Crippen molar-refractivity contribution in [2.75, 3.05) is 26.3 Å². The molecule has 0 saturated heterocycles. The van der Waals surface area contributed by atoms with E-state index >= 15 is 0 Å². The molecule has 1 heterocycles. The molecule has 0 unspecified atom stereocenters. The van der Waals surface area contributed by atoms with E-state index in [1.54, 1.807) is 42.3 Å². The number of amides is 2. The number of methoxy groups -OCH3 is 2. The molecule has 0 spiro atoms. The maximum absolute atomic E-state index is 13.3. The van der Waals surface area contributed by atoms with Crippen molar-refractivity contribution in [3.63, 3.8) is 0 Å². The second kappa shape index (κ2) is 9.47. The molecule has 0 saturated carbocycles. The van der Waals surface area contributed by atoms with Crippen LogP contribution in [0.15, 0.2) is 60.7 Å². The van der Waals surface area contributed by atoms with Crippen molar-refractivity contribution >= 4 is 11.7 Å². The van der Waals surface area contributed by atoms with Crippen LogP contribution in [0.4, 0.5) is 14.9 Å². The zero-order chi connectivity index (χ0) is 22.5. The van der Waals surface area contributed by atoms with Crippen LogP contribution < -0.4 is 24.3 Å². The van der Waals surface area contributed by atoms with Gasteiger partial charge in [-0.1, -0.05) is 18.2 Å². The highest BCUT2D eigenvalue weighted by molar-refractivity contribution is 5.91. The van der Waals surface area contributed by atoms with Crippen molar-refractivity contribution in [2.24, 2.45) is 0 Å². The SMILES string of the molecule is COc1ccc(NC(=O)N(Cc2ccc(F)cc2)Cc2ccc3c(c2)OCO3)c(OC)c1. The van der Waals surface area contributed by atoms with Crippen molar-refractivity contribution in [3.05, 3.63) is 77.6 Å². The molecule has 1 N–H and O–H groups in total. The van der Waals surface area contributed by atoms with Gasteiger partial charge in [0.15, 0.2) is 11.5 Å². The van der Waals surface area contributed by atoms with E-state index in [-0.39, 0.29) is 25.2 Å². The number of fused-ring (bicyclic) bond motifs is 1. The molecule has 0 aliphatic carbocycles. The molecule has 1 aliphatic rings. The van der Waals surface area contributed by atoms with Gasteiger partial charge < -0.3 is 29.2 Å². The third kappa shape index (κ3) is 4.85. The van der Waals surface area contributed by atoms with Gasteiger partial charge in [0.05, 0.1) is 19.9 Å². The van der Waals surface area contributed by atoms with E-state index in [4.69, 9.17) is 18.9 Å². The van der Waals surface area contributed by atoms with Crippen LogP contribution >= 0.6 is 0 Å². The van der Waals surface area contributed by atoms with Crippen LogP contribution in [0.1, 0.15) is 11.1 Å². The van der Waals surface area contributed by atoms with Gasteiger partial charge in [-0.15, -0.1) is 0 Å². The van der Waals surface area contributed by atoms with Crippen molar-refractivity contribution in [2.45, 2.75) is 13.1 Å². The molecule has 1 aliphatic heterocycles. The summed E-state index contributed by atoms with van der Waals surface area (Å²) in [5.41, 5.74) is 2.17. The van der Waals surface area contributed by atoms with E-state index in [0.717, 1.165) is 11.1 Å². The van der Waals surface area contributed by atoms with Gasteiger partial charge in [0.25, 0.3) is 0 Å². The summed E-state index contributed by atoms with van der Waals surface area (Å²) in [7, 11) is 3.08. The second-order valence-corrected chi connectivity index (χ2v) is 7.17. The summed E-state index contributed by atoms with van der Waals surface area (Å²) in [5, 5.41) is 2.89. The Morgan fingerprint density at radius 1 is 0.938 bits per heavy atom. The van der Waals surface area contributed by atoms with E-state index in [1.807, 2.05) is 18.2 Å². The fraction of sp³-hybridized carbons (Fsp3) is 0.208. The third-order valence-corrected chi connectivity index (χ3v) is 5.03. The highest BCUT2D eigenvalue weighted by Crippen LogP contribution is 2.33. The van der Waals surface area contributed by atoms with E-state index in [9.17, 15) is 9.18 Å². The first-order chi connectivity index (χ1) is 15.6. The molecule has 3 aromatic carbocycles. The molecule has 8 heteroatoms. The van der Waals surface area contributed by atoms with Crippen molar-refractivity contribution < 1.29 is 28.1 Å². The average molecular weight is 438 g/mol. The van der Waals surface area contributed by atoms with Gasteiger partial charge in [-0.05, 0) is 47.5 Å². The lowest BCUT2D eigenvalue weighted by Crippen LogP contribution is -2.34. The second-order valence-electron chi connectivity index (χ2n) is 7.17. The molecule has 7 nitrogen and oxygen atoms in total. The van der Waals surface area contributed by atoms with Crippen LogP contribution in [-0.4, -0.2) is 31.9 Å². The van der Waals surface area contributed by atoms with Crippen molar-refractivity contribution in [1.82, 2.24) is 4.90 Å². The molecule has 0 bridgehead atoms. The van der Waals surface area contributed by atoms with E-state index in [0.29, 0.717) is 35.2 Å². The first-order valence-corrected chi connectivity index (χ1v) is 9.96. The van der Waals surface area contributed by atoms with Gasteiger partial charge in [-0.25, -0.2) is 9.18 Å². The predicted molar refractivity (Wildman–Crippen MR) is 117 cm³/mol. The summed E-state index contributed by atoms with van der Waals surface area (Å²) in [6.07, 6.45) is 0. The lowest BCUT2D eigenvalue weighted by atomic mass is 10.1. The van der Waals surface area contributed by atoms with Crippen molar-refractivity contribution in [1.29, 1.82) is 0 Å². The van der Waals surface area contributed by atoms with Crippen LogP contribution in [0.2, 0.25) is 0 Å². The van der Waals surface area contributed by atoms with E-state index in [2.05, 4.69) is 5.32 Å². The molecule has 0 radical (unpaired) electrons. The Kier molecular flexibility index (Phi) is 6.30. The zero-order valence-corrected chi connectivity index (χ0v) is 17.8. The molecule has 4 rings (SSSR count). The molecular weight excluding hydrogens is 415 g/mol. The molecule has 0 fully saturated rings. The van der Waals surface area contributed by atoms with Crippen LogP contribution in [0, 0.1) is 5.82 Å². The zero-order valence-electron chi connectivity index (χ0n) is 17.8. The first-order valence-electron chi connectivity index (χ1n) is 9.96. The molecule has 166 valence electrons. The summed E-state index contributed by atoms with van der Waals surface area (Å²) in [6.45, 7) is 0.757. The number of anilines is 1. The van der Waals surface area contributed by atoms with E-state index < -0.39 is 0 Å². The Hall–Kier alpha value is -3.94. The first kappa shape index (κ1) is 21.3. The number of hydrogen-bond donors (Lipinski definition) is 1. The number of benzene rings is 3. The Morgan fingerprint density at radius 3 is 2.41 bits per heavy atom. The predicted octanol–water partition coefficient (Wildman–Crippen LogP) is 4.81. The van der Waals surface area contributed by atoms with Gasteiger partial charge in [0, 0.05) is 19.2 Å². The average Bonchev–Trinajstić information content (AvgIpc) is 3.28. The third-order valence-electron chi connectivity index (χ3n) is 5.03. The minimum atomic E-state index is -0.338. The highest BCUT2D eigenvalue weighted by atomic mass is 19.1. The lowest BCUT2D eigenvalue weighted by molar-refractivity contribution is 0.174. The number of carbonyl (C=O) groups excluding carboxylic acids is 1. The van der Waals surface area contributed by atoms with Gasteiger partial charge >= 0.3 is 6.03 Å². The highest BCUT2D eigenvalue weighted by Gasteiger charge is 2.19. The Morgan fingerprint density at radius 2 is 1.66 bits per heavy atom. The fourth-order valence-electron chi connectivity index (χ4n) is 3.37. The Balaban J connectivity index is 1.57. The van der Waals surface area contributed by atoms with Crippen LogP contribution in [0.5, 0.6) is 23.0 Å². The van der Waals surface area contributed by atoms with Gasteiger partial charge in [0.1, 0.15) is 17.3 Å². The molecule has 2 amide bonds.